The van der Waals surface area contributed by atoms with Crippen molar-refractivity contribution in [2.45, 2.75) is 59.5 Å². The maximum absolute atomic E-state index is 13.0. The Balaban J connectivity index is 1.72. The van der Waals surface area contributed by atoms with Gasteiger partial charge >= 0.3 is 5.97 Å². The molecule has 0 amide bonds. The van der Waals surface area contributed by atoms with Gasteiger partial charge in [0, 0.05) is 29.3 Å². The van der Waals surface area contributed by atoms with Gasteiger partial charge in [0.05, 0.1) is 19.8 Å². The van der Waals surface area contributed by atoms with Crippen LogP contribution in [0.1, 0.15) is 59.9 Å². The Morgan fingerprint density at radius 3 is 2.37 bits per heavy atom. The zero-order valence-electron chi connectivity index (χ0n) is 21.3. The van der Waals surface area contributed by atoms with Crippen LogP contribution in [-0.2, 0) is 20.9 Å². The van der Waals surface area contributed by atoms with Crippen molar-refractivity contribution in [2.75, 3.05) is 14.2 Å². The normalized spacial score (nSPS) is 17.7. The summed E-state index contributed by atoms with van der Waals surface area (Å²) in [6.07, 6.45) is 2.04. The van der Waals surface area contributed by atoms with Crippen molar-refractivity contribution in [3.8, 4) is 11.5 Å². The molecule has 35 heavy (non-hydrogen) atoms. The molecule has 0 bridgehead atoms. The summed E-state index contributed by atoms with van der Waals surface area (Å²) in [5.41, 5.74) is 8.23. The topological polar surface area (TPSA) is 73.9 Å². The number of benzene rings is 2. The summed E-state index contributed by atoms with van der Waals surface area (Å²) in [5, 5.41) is 3.29. The number of esters is 1. The molecule has 2 aromatic rings. The Morgan fingerprint density at radius 2 is 1.71 bits per heavy atom. The number of Topliss-reactive ketones (excluding diaryl/α,β-unsaturated/α-hetero) is 1. The van der Waals surface area contributed by atoms with Crippen LogP contribution in [0.4, 0.5) is 0 Å². The van der Waals surface area contributed by atoms with Gasteiger partial charge in [-0.05, 0) is 74.9 Å². The molecule has 1 heterocycles. The molecule has 6 heteroatoms. The van der Waals surface area contributed by atoms with Gasteiger partial charge in [-0.1, -0.05) is 23.8 Å². The zero-order valence-corrected chi connectivity index (χ0v) is 21.3. The third kappa shape index (κ3) is 4.70. The lowest BCUT2D eigenvalue weighted by molar-refractivity contribution is -0.136. The van der Waals surface area contributed by atoms with Gasteiger partial charge in [0.2, 0.25) is 0 Å². The zero-order chi connectivity index (χ0) is 25.3. The second kappa shape index (κ2) is 9.98. The number of nitrogens with one attached hydrogen (secondary N) is 1. The molecule has 0 radical (unpaired) electrons. The highest BCUT2D eigenvalue weighted by Crippen LogP contribution is 2.44. The molecule has 1 N–H and O–H groups in total. The lowest BCUT2D eigenvalue weighted by Gasteiger charge is -2.34. The van der Waals surface area contributed by atoms with Crippen LogP contribution in [0.25, 0.3) is 0 Å². The fraction of sp³-hybridized carbons (Fsp3) is 0.379. The van der Waals surface area contributed by atoms with E-state index in [9.17, 15) is 9.59 Å². The van der Waals surface area contributed by atoms with E-state index in [1.165, 1.54) is 23.8 Å². The predicted molar refractivity (Wildman–Crippen MR) is 134 cm³/mol. The average molecular weight is 476 g/mol. The van der Waals surface area contributed by atoms with E-state index in [1.54, 1.807) is 7.11 Å². The van der Waals surface area contributed by atoms with E-state index in [2.05, 4.69) is 38.2 Å². The summed E-state index contributed by atoms with van der Waals surface area (Å²) in [5.74, 6) is 0.248. The van der Waals surface area contributed by atoms with Crippen LogP contribution >= 0.6 is 0 Å². The Kier molecular flexibility index (Phi) is 7.01. The molecule has 2 aliphatic rings. The van der Waals surface area contributed by atoms with Crippen molar-refractivity contribution in [3.05, 3.63) is 80.7 Å². The maximum Gasteiger partial charge on any atom is 0.336 e. The molecule has 2 aromatic carbocycles. The lowest BCUT2D eigenvalue weighted by Crippen LogP contribution is -2.34. The second-order valence-electron chi connectivity index (χ2n) is 9.33. The molecule has 184 valence electrons. The largest absolute Gasteiger partial charge is 0.493 e. The molecule has 1 unspecified atom stereocenters. The van der Waals surface area contributed by atoms with Gasteiger partial charge in [-0.15, -0.1) is 0 Å². The first-order valence-electron chi connectivity index (χ1n) is 11.9. The van der Waals surface area contributed by atoms with Crippen LogP contribution in [0.5, 0.6) is 11.5 Å². The van der Waals surface area contributed by atoms with Crippen molar-refractivity contribution in [1.29, 1.82) is 0 Å². The van der Waals surface area contributed by atoms with E-state index in [0.717, 1.165) is 29.7 Å². The predicted octanol–water partition coefficient (Wildman–Crippen LogP) is 5.34. The van der Waals surface area contributed by atoms with E-state index in [4.69, 9.17) is 14.2 Å². The molecule has 4 rings (SSSR count). The highest BCUT2D eigenvalue weighted by atomic mass is 16.5. The number of rotatable bonds is 6. The number of methoxy groups -OCH3 is 2. The maximum atomic E-state index is 13.0. The molecule has 1 aliphatic heterocycles. The molecular formula is C29H33NO5. The number of ketones is 1. The van der Waals surface area contributed by atoms with Crippen LogP contribution in [0, 0.1) is 20.8 Å². The van der Waals surface area contributed by atoms with E-state index >= 15 is 0 Å². The SMILES string of the molecule is COC(=O)C1=C(C)NC2=C(C(=O)CCC2)C1c1ccc(OCc2c(C)cc(C)cc2C)c(OC)c1. The highest BCUT2D eigenvalue weighted by molar-refractivity contribution is 6.03. The summed E-state index contributed by atoms with van der Waals surface area (Å²) >= 11 is 0. The van der Waals surface area contributed by atoms with E-state index < -0.39 is 11.9 Å². The number of allylic oxidation sites excluding steroid dienone is 3. The van der Waals surface area contributed by atoms with E-state index in [0.29, 0.717) is 41.4 Å². The van der Waals surface area contributed by atoms with Gasteiger partial charge in [0.25, 0.3) is 0 Å². The second-order valence-corrected chi connectivity index (χ2v) is 9.33. The summed E-state index contributed by atoms with van der Waals surface area (Å²) in [6, 6.07) is 9.93. The Labute approximate surface area is 207 Å². The molecule has 6 nitrogen and oxygen atoms in total. The van der Waals surface area contributed by atoms with Gasteiger partial charge in [-0.3, -0.25) is 4.79 Å². The van der Waals surface area contributed by atoms with E-state index in [-0.39, 0.29) is 5.78 Å². The summed E-state index contributed by atoms with van der Waals surface area (Å²) in [7, 11) is 2.95. The number of aryl methyl sites for hydroxylation is 3. The minimum Gasteiger partial charge on any atom is -0.493 e. The Hall–Kier alpha value is -3.54. The number of ether oxygens (including phenoxy) is 3. The van der Waals surface area contributed by atoms with Crippen molar-refractivity contribution in [2.24, 2.45) is 0 Å². The Bertz CT molecular complexity index is 1230. The van der Waals surface area contributed by atoms with Crippen molar-refractivity contribution in [1.82, 2.24) is 5.32 Å². The number of carbonyl (C=O) groups excluding carboxylic acids is 2. The number of dihydropyridines is 1. The van der Waals surface area contributed by atoms with Crippen molar-refractivity contribution < 1.29 is 23.8 Å². The van der Waals surface area contributed by atoms with Gasteiger partial charge in [-0.25, -0.2) is 4.79 Å². The third-order valence-corrected chi connectivity index (χ3v) is 6.91. The van der Waals surface area contributed by atoms with E-state index in [1.807, 2.05) is 25.1 Å². The summed E-state index contributed by atoms with van der Waals surface area (Å²) < 4.78 is 17.0. The lowest BCUT2D eigenvalue weighted by atomic mass is 9.75. The minimum atomic E-state index is -0.518. The standard InChI is InChI=1S/C29H33NO5/c1-16-12-17(2)21(18(3)13-16)15-35-24-11-10-20(14-25(24)33-5)27-26(29(32)34-6)19(4)30-22-8-7-9-23(31)28(22)27/h10-14,27,30H,7-9,15H2,1-6H3. The number of hydrogen-bond acceptors (Lipinski definition) is 6. The van der Waals surface area contributed by atoms with Crippen LogP contribution in [0.2, 0.25) is 0 Å². The molecular weight excluding hydrogens is 442 g/mol. The Morgan fingerprint density at radius 1 is 1.00 bits per heavy atom. The first-order valence-corrected chi connectivity index (χ1v) is 11.9. The first-order chi connectivity index (χ1) is 16.7. The molecule has 0 spiro atoms. The molecule has 0 saturated heterocycles. The molecule has 0 aromatic heterocycles. The van der Waals surface area contributed by atoms with Crippen molar-refractivity contribution >= 4 is 11.8 Å². The first kappa shape index (κ1) is 24.6. The van der Waals surface area contributed by atoms with Crippen LogP contribution in [0.15, 0.2) is 52.9 Å². The summed E-state index contributed by atoms with van der Waals surface area (Å²) in [6.45, 7) is 8.53. The number of hydrogen-bond donors (Lipinski definition) is 1. The fourth-order valence-electron chi connectivity index (χ4n) is 5.27. The minimum absolute atomic E-state index is 0.0577. The number of carbonyl (C=O) groups is 2. The fourth-order valence-corrected chi connectivity index (χ4v) is 5.27. The smallest absolute Gasteiger partial charge is 0.336 e. The third-order valence-electron chi connectivity index (χ3n) is 6.91. The van der Waals surface area contributed by atoms with Gasteiger partial charge in [0.1, 0.15) is 6.61 Å². The molecule has 0 fully saturated rings. The molecule has 0 saturated carbocycles. The van der Waals surface area contributed by atoms with Crippen LogP contribution < -0.4 is 14.8 Å². The molecule has 1 aliphatic carbocycles. The average Bonchev–Trinajstić information content (AvgIpc) is 2.82. The van der Waals surface area contributed by atoms with Crippen molar-refractivity contribution in [3.63, 3.8) is 0 Å². The quantitative estimate of drug-likeness (QED) is 0.569. The van der Waals surface area contributed by atoms with Crippen LogP contribution in [-0.4, -0.2) is 26.0 Å². The highest BCUT2D eigenvalue weighted by Gasteiger charge is 2.39. The monoisotopic (exact) mass is 475 g/mol. The summed E-state index contributed by atoms with van der Waals surface area (Å²) in [4.78, 5) is 25.8. The van der Waals surface area contributed by atoms with Gasteiger partial charge in [-0.2, -0.15) is 0 Å². The van der Waals surface area contributed by atoms with Crippen LogP contribution in [0.3, 0.4) is 0 Å². The molecule has 1 atom stereocenters. The van der Waals surface area contributed by atoms with Gasteiger partial charge < -0.3 is 19.5 Å². The van der Waals surface area contributed by atoms with Gasteiger partial charge in [0.15, 0.2) is 17.3 Å².